The molecule has 0 heterocycles. The lowest BCUT2D eigenvalue weighted by Gasteiger charge is -1.91. The summed E-state index contributed by atoms with van der Waals surface area (Å²) in [6.45, 7) is 0. The molecule has 0 saturated heterocycles. The normalized spacial score (nSPS) is 19.4. The number of rotatable bonds is 0. The number of allylic oxidation sites excluding steroid dienone is 8. The van der Waals surface area contributed by atoms with Crippen molar-refractivity contribution in [3.63, 3.8) is 0 Å². The Morgan fingerprint density at radius 3 is 2.36 bits per heavy atom. The van der Waals surface area contributed by atoms with Gasteiger partial charge in [0.1, 0.15) is 0 Å². The van der Waals surface area contributed by atoms with Gasteiger partial charge in [0.2, 0.25) is 0 Å². The van der Waals surface area contributed by atoms with E-state index in [1.165, 1.54) is 25.7 Å². The Kier molecular flexibility index (Phi) is 6.74. The molecule has 0 fully saturated rings. The quantitative estimate of drug-likeness (QED) is 0.494. The fourth-order valence-electron chi connectivity index (χ4n) is 1.35. The van der Waals surface area contributed by atoms with Gasteiger partial charge in [0.15, 0.2) is 0 Å². The van der Waals surface area contributed by atoms with E-state index < -0.39 is 0 Å². The molecule has 0 nitrogen and oxygen atoms in total. The molecule has 1 aliphatic carbocycles. The molecule has 1 rings (SSSR count). The largest absolute Gasteiger partial charge is 0.0885 e. The van der Waals surface area contributed by atoms with Crippen molar-refractivity contribution >= 4 is 0 Å². The predicted octanol–water partition coefficient (Wildman–Crippen LogP) is 4.37. The first-order valence-electron chi connectivity index (χ1n) is 5.52. The molecule has 75 valence electrons. The average molecular weight is 187 g/mol. The summed E-state index contributed by atoms with van der Waals surface area (Å²) in [5.41, 5.74) is 0. The van der Waals surface area contributed by atoms with E-state index in [1.54, 1.807) is 0 Å². The Bertz CT molecular complexity index is 228. The maximum Gasteiger partial charge on any atom is -0.00946 e. The smallest absolute Gasteiger partial charge is 0.00946 e. The van der Waals surface area contributed by atoms with Crippen LogP contribution in [-0.4, -0.2) is 0 Å². The molecule has 0 saturated carbocycles. The standard InChI is InChI=1S/C14H19/c1-2-4-6-8-10-12-14-13-11-9-7-5-3-1/h1-3,8-11H,4,6-7,12-14H2. The molecule has 1 aliphatic rings. The Balaban J connectivity index is 2.35. The van der Waals surface area contributed by atoms with Crippen molar-refractivity contribution in [3.8, 4) is 0 Å². The fourth-order valence-corrected chi connectivity index (χ4v) is 1.35. The highest BCUT2D eigenvalue weighted by Crippen LogP contribution is 2.02. The van der Waals surface area contributed by atoms with Gasteiger partial charge in [-0.05, 0) is 44.6 Å². The van der Waals surface area contributed by atoms with Crippen LogP contribution in [0.1, 0.15) is 38.5 Å². The molecule has 0 spiro atoms. The first kappa shape index (κ1) is 11.0. The first-order chi connectivity index (χ1) is 7.00. The monoisotopic (exact) mass is 187 g/mol. The van der Waals surface area contributed by atoms with Crippen molar-refractivity contribution < 1.29 is 0 Å². The van der Waals surface area contributed by atoms with E-state index in [1.807, 2.05) is 6.08 Å². The lowest BCUT2D eigenvalue weighted by molar-refractivity contribution is 0.860. The topological polar surface area (TPSA) is 0 Å². The molecule has 0 aliphatic heterocycles. The second kappa shape index (κ2) is 8.55. The molecule has 0 aromatic carbocycles. The molecule has 0 heteroatoms. The molecule has 1 radical (unpaired) electrons. The highest BCUT2D eigenvalue weighted by molar-refractivity contribution is 5.02. The molecular weight excluding hydrogens is 168 g/mol. The van der Waals surface area contributed by atoms with E-state index in [4.69, 9.17) is 0 Å². The minimum atomic E-state index is 0.945. The Morgan fingerprint density at radius 1 is 0.714 bits per heavy atom. The second-order valence-electron chi connectivity index (χ2n) is 3.45. The Hall–Kier alpha value is -1.04. The highest BCUT2D eigenvalue weighted by Gasteiger charge is 1.82. The van der Waals surface area contributed by atoms with Gasteiger partial charge in [-0.15, -0.1) is 0 Å². The summed E-state index contributed by atoms with van der Waals surface area (Å²) in [6, 6.07) is 0. The van der Waals surface area contributed by atoms with Gasteiger partial charge < -0.3 is 0 Å². The Labute approximate surface area is 87.7 Å². The van der Waals surface area contributed by atoms with Gasteiger partial charge in [0, 0.05) is 0 Å². The van der Waals surface area contributed by atoms with E-state index in [9.17, 15) is 0 Å². The van der Waals surface area contributed by atoms with E-state index >= 15 is 0 Å². The SMILES string of the molecule is [C]1=CC=CCCC=CCCCC=CC1. The molecule has 0 aromatic rings. The predicted molar refractivity (Wildman–Crippen MR) is 62.9 cm³/mol. The maximum atomic E-state index is 3.22. The van der Waals surface area contributed by atoms with Crippen LogP contribution in [0.15, 0.2) is 42.5 Å². The minimum Gasteiger partial charge on any atom is -0.0885 e. The third-order valence-corrected chi connectivity index (χ3v) is 2.16. The summed E-state index contributed by atoms with van der Waals surface area (Å²) in [5, 5.41) is 0. The average Bonchev–Trinajstić information content (AvgIpc) is 2.22. The van der Waals surface area contributed by atoms with Crippen LogP contribution in [0, 0.1) is 6.08 Å². The van der Waals surface area contributed by atoms with E-state index in [-0.39, 0.29) is 0 Å². The van der Waals surface area contributed by atoms with Crippen LogP contribution in [-0.2, 0) is 0 Å². The van der Waals surface area contributed by atoms with Crippen LogP contribution in [0.2, 0.25) is 0 Å². The molecule has 0 aromatic heterocycles. The van der Waals surface area contributed by atoms with Gasteiger partial charge in [-0.25, -0.2) is 0 Å². The zero-order valence-corrected chi connectivity index (χ0v) is 8.78. The molecule has 0 amide bonds. The van der Waals surface area contributed by atoms with Crippen LogP contribution in [0.3, 0.4) is 0 Å². The Morgan fingerprint density at radius 2 is 1.43 bits per heavy atom. The molecular formula is C14H19. The highest BCUT2D eigenvalue weighted by atomic mass is 13.9. The minimum absolute atomic E-state index is 0.945. The zero-order chi connectivity index (χ0) is 9.90. The van der Waals surface area contributed by atoms with Crippen molar-refractivity contribution in [1.29, 1.82) is 0 Å². The molecule has 0 N–H and O–H groups in total. The van der Waals surface area contributed by atoms with Crippen molar-refractivity contribution in [1.82, 2.24) is 0 Å². The third kappa shape index (κ3) is 6.47. The second-order valence-corrected chi connectivity index (χ2v) is 3.45. The van der Waals surface area contributed by atoms with Crippen LogP contribution in [0.4, 0.5) is 0 Å². The van der Waals surface area contributed by atoms with Gasteiger partial charge in [-0.3, -0.25) is 0 Å². The van der Waals surface area contributed by atoms with Gasteiger partial charge in [-0.2, -0.15) is 0 Å². The molecule has 0 atom stereocenters. The van der Waals surface area contributed by atoms with E-state index in [0.717, 1.165) is 12.8 Å². The maximum absolute atomic E-state index is 3.22. The van der Waals surface area contributed by atoms with E-state index in [2.05, 4.69) is 42.5 Å². The molecule has 0 unspecified atom stereocenters. The van der Waals surface area contributed by atoms with Crippen LogP contribution < -0.4 is 0 Å². The fraction of sp³-hybridized carbons (Fsp3) is 0.429. The van der Waals surface area contributed by atoms with Crippen LogP contribution >= 0.6 is 0 Å². The van der Waals surface area contributed by atoms with Crippen molar-refractivity contribution in [2.75, 3.05) is 0 Å². The summed E-state index contributed by atoms with van der Waals surface area (Å²) in [6.07, 6.45) is 25.5. The molecule has 14 heavy (non-hydrogen) atoms. The lowest BCUT2D eigenvalue weighted by atomic mass is 10.2. The zero-order valence-electron chi connectivity index (χ0n) is 8.78. The van der Waals surface area contributed by atoms with Gasteiger partial charge in [-0.1, -0.05) is 42.5 Å². The van der Waals surface area contributed by atoms with Crippen molar-refractivity contribution in [2.24, 2.45) is 0 Å². The summed E-state index contributed by atoms with van der Waals surface area (Å²) >= 11 is 0. The number of hydrogen-bond acceptors (Lipinski definition) is 0. The third-order valence-electron chi connectivity index (χ3n) is 2.16. The summed E-state index contributed by atoms with van der Waals surface area (Å²) in [7, 11) is 0. The number of hydrogen-bond donors (Lipinski definition) is 0. The van der Waals surface area contributed by atoms with Crippen molar-refractivity contribution in [2.45, 2.75) is 38.5 Å². The summed E-state index contributed by atoms with van der Waals surface area (Å²) in [5.74, 6) is 0. The van der Waals surface area contributed by atoms with Crippen LogP contribution in [0.25, 0.3) is 0 Å². The van der Waals surface area contributed by atoms with E-state index in [0.29, 0.717) is 0 Å². The summed E-state index contributed by atoms with van der Waals surface area (Å²) < 4.78 is 0. The van der Waals surface area contributed by atoms with Crippen molar-refractivity contribution in [3.05, 3.63) is 48.6 Å². The van der Waals surface area contributed by atoms with Gasteiger partial charge in [0.25, 0.3) is 0 Å². The van der Waals surface area contributed by atoms with Crippen LogP contribution in [0.5, 0.6) is 0 Å². The van der Waals surface area contributed by atoms with Gasteiger partial charge in [0.05, 0.1) is 0 Å². The first-order valence-corrected chi connectivity index (χ1v) is 5.52. The van der Waals surface area contributed by atoms with Gasteiger partial charge >= 0.3 is 0 Å². The summed E-state index contributed by atoms with van der Waals surface area (Å²) in [4.78, 5) is 0. The lowest BCUT2D eigenvalue weighted by Crippen LogP contribution is -1.71. The molecule has 0 bridgehead atoms.